The Balaban J connectivity index is 1.99. The van der Waals surface area contributed by atoms with E-state index in [9.17, 15) is 14.9 Å². The zero-order valence-corrected chi connectivity index (χ0v) is 15.8. The molecule has 142 valence electrons. The Bertz CT molecular complexity index is 862. The fourth-order valence-electron chi connectivity index (χ4n) is 2.33. The first-order valence-electron chi connectivity index (χ1n) is 8.62. The van der Waals surface area contributed by atoms with Crippen LogP contribution in [0.5, 0.6) is 5.75 Å². The summed E-state index contributed by atoms with van der Waals surface area (Å²) < 4.78 is 5.78. The zero-order valence-electron chi connectivity index (χ0n) is 15.8. The van der Waals surface area contributed by atoms with Gasteiger partial charge >= 0.3 is 0 Å². The van der Waals surface area contributed by atoms with E-state index in [4.69, 9.17) is 4.74 Å². The van der Waals surface area contributed by atoms with Crippen LogP contribution in [0.1, 0.15) is 43.4 Å². The highest BCUT2D eigenvalue weighted by Gasteiger charge is 2.16. The minimum absolute atomic E-state index is 0.0394. The van der Waals surface area contributed by atoms with E-state index in [0.29, 0.717) is 17.2 Å². The highest BCUT2D eigenvalue weighted by molar-refractivity contribution is 5.84. The number of carbonyl (C=O) groups is 1. The zero-order chi connectivity index (χ0) is 20.0. The van der Waals surface area contributed by atoms with Crippen molar-refractivity contribution in [2.24, 2.45) is 5.10 Å². The minimum atomic E-state index is -0.742. The second kappa shape index (κ2) is 8.93. The molecule has 1 N–H and O–H groups in total. The van der Waals surface area contributed by atoms with Crippen LogP contribution in [-0.4, -0.2) is 23.1 Å². The van der Waals surface area contributed by atoms with Crippen LogP contribution < -0.4 is 10.2 Å². The van der Waals surface area contributed by atoms with Gasteiger partial charge in [-0.3, -0.25) is 14.9 Å². The Kier molecular flexibility index (Phi) is 6.65. The number of nitrogens with one attached hydrogen (secondary N) is 1. The van der Waals surface area contributed by atoms with E-state index < -0.39 is 16.9 Å². The molecular formula is C20H23N3O4. The summed E-state index contributed by atoms with van der Waals surface area (Å²) in [5.74, 6) is 0.606. The first-order chi connectivity index (χ1) is 12.8. The number of hydrogen-bond donors (Lipinski definition) is 1. The number of hydrogen-bond acceptors (Lipinski definition) is 5. The number of amides is 1. The summed E-state index contributed by atoms with van der Waals surface area (Å²) in [4.78, 5) is 22.5. The lowest BCUT2D eigenvalue weighted by atomic mass is 10.0. The van der Waals surface area contributed by atoms with Crippen LogP contribution in [0.3, 0.4) is 0 Å². The van der Waals surface area contributed by atoms with Crippen molar-refractivity contribution in [3.63, 3.8) is 0 Å². The average molecular weight is 369 g/mol. The van der Waals surface area contributed by atoms with E-state index >= 15 is 0 Å². The van der Waals surface area contributed by atoms with Crippen molar-refractivity contribution in [2.45, 2.75) is 39.7 Å². The smallest absolute Gasteiger partial charge is 0.280 e. The van der Waals surface area contributed by atoms with Crippen molar-refractivity contribution in [1.29, 1.82) is 0 Å². The number of hydrazone groups is 1. The van der Waals surface area contributed by atoms with Gasteiger partial charge in [-0.05, 0) is 37.0 Å². The van der Waals surface area contributed by atoms with Crippen molar-refractivity contribution in [3.05, 3.63) is 69.3 Å². The van der Waals surface area contributed by atoms with Crippen LogP contribution in [0.2, 0.25) is 0 Å². The monoisotopic (exact) mass is 369 g/mol. The fourth-order valence-corrected chi connectivity index (χ4v) is 2.33. The van der Waals surface area contributed by atoms with Gasteiger partial charge in [0.2, 0.25) is 0 Å². The fraction of sp³-hybridized carbons (Fsp3) is 0.300. The molecule has 27 heavy (non-hydrogen) atoms. The molecule has 7 nitrogen and oxygen atoms in total. The van der Waals surface area contributed by atoms with Crippen LogP contribution >= 0.6 is 0 Å². The molecule has 0 saturated carbocycles. The van der Waals surface area contributed by atoms with E-state index in [1.807, 2.05) is 25.1 Å². The summed E-state index contributed by atoms with van der Waals surface area (Å²) in [6.07, 6.45) is 0.607. The summed E-state index contributed by atoms with van der Waals surface area (Å²) >= 11 is 0. The Labute approximate surface area is 158 Å². The number of carbonyl (C=O) groups excluding carboxylic acids is 1. The van der Waals surface area contributed by atoms with E-state index in [-0.39, 0.29) is 5.69 Å². The number of nitro benzene ring substituents is 1. The molecule has 2 rings (SSSR count). The summed E-state index contributed by atoms with van der Waals surface area (Å²) in [6.45, 7) is 7.74. The van der Waals surface area contributed by atoms with Crippen molar-refractivity contribution >= 4 is 17.8 Å². The van der Waals surface area contributed by atoms with Crippen molar-refractivity contribution in [1.82, 2.24) is 5.43 Å². The number of nitrogens with zero attached hydrogens (tertiary/aromatic N) is 2. The van der Waals surface area contributed by atoms with Gasteiger partial charge in [0.1, 0.15) is 5.75 Å². The van der Waals surface area contributed by atoms with Crippen molar-refractivity contribution in [3.8, 4) is 5.75 Å². The molecule has 0 aliphatic heterocycles. The molecule has 7 heteroatoms. The SMILES string of the molecule is Cc1ccc(C(C)C)cc1O[C@H](C)C(=O)N/N=C\c1cccc([N+](=O)[O-])c1. The summed E-state index contributed by atoms with van der Waals surface area (Å²) in [6, 6.07) is 11.9. The van der Waals surface area contributed by atoms with Gasteiger partial charge in [0, 0.05) is 17.7 Å². The first kappa shape index (κ1) is 20.1. The molecule has 0 aromatic heterocycles. The highest BCUT2D eigenvalue weighted by Crippen LogP contribution is 2.25. The number of nitro groups is 1. The second-order valence-electron chi connectivity index (χ2n) is 6.53. The molecule has 0 aliphatic rings. The van der Waals surface area contributed by atoms with Crippen LogP contribution in [-0.2, 0) is 4.79 Å². The van der Waals surface area contributed by atoms with Crippen LogP contribution in [0, 0.1) is 17.0 Å². The van der Waals surface area contributed by atoms with E-state index in [0.717, 1.165) is 11.1 Å². The molecule has 0 radical (unpaired) electrons. The molecule has 0 bridgehead atoms. The lowest BCUT2D eigenvalue weighted by molar-refractivity contribution is -0.384. The first-order valence-corrected chi connectivity index (χ1v) is 8.62. The molecule has 0 saturated heterocycles. The third-order valence-corrected chi connectivity index (χ3v) is 4.02. The van der Waals surface area contributed by atoms with Gasteiger partial charge in [0.25, 0.3) is 11.6 Å². The van der Waals surface area contributed by atoms with Crippen molar-refractivity contribution in [2.75, 3.05) is 0 Å². The normalized spacial score (nSPS) is 12.2. The molecule has 1 atom stereocenters. The number of rotatable bonds is 7. The molecule has 0 fully saturated rings. The molecule has 0 unspecified atom stereocenters. The third kappa shape index (κ3) is 5.64. The lowest BCUT2D eigenvalue weighted by Gasteiger charge is -2.16. The quantitative estimate of drug-likeness (QED) is 0.454. The highest BCUT2D eigenvalue weighted by atomic mass is 16.6. The van der Waals surface area contributed by atoms with E-state index in [2.05, 4.69) is 24.4 Å². The maximum Gasteiger partial charge on any atom is 0.280 e. The summed E-state index contributed by atoms with van der Waals surface area (Å²) in [5.41, 5.74) is 4.94. The Morgan fingerprint density at radius 1 is 1.22 bits per heavy atom. The van der Waals surface area contributed by atoms with Crippen LogP contribution in [0.15, 0.2) is 47.6 Å². The van der Waals surface area contributed by atoms with Gasteiger partial charge in [-0.2, -0.15) is 5.10 Å². The molecule has 2 aromatic rings. The van der Waals surface area contributed by atoms with Gasteiger partial charge in [0.15, 0.2) is 6.10 Å². The number of aryl methyl sites for hydroxylation is 1. The van der Waals surface area contributed by atoms with Gasteiger partial charge in [0.05, 0.1) is 11.1 Å². The van der Waals surface area contributed by atoms with Crippen LogP contribution in [0.25, 0.3) is 0 Å². The number of non-ortho nitro benzene ring substituents is 1. The predicted octanol–water partition coefficient (Wildman–Crippen LogP) is 3.94. The standard InChI is InChI=1S/C20H23N3O4/c1-13(2)17-9-8-14(3)19(11-17)27-15(4)20(24)22-21-12-16-6-5-7-18(10-16)23(25)26/h5-13,15H,1-4H3,(H,22,24)/b21-12-/t15-/m1/s1. The molecule has 1 amide bonds. The number of ether oxygens (including phenoxy) is 1. The largest absolute Gasteiger partial charge is 0.481 e. The predicted molar refractivity (Wildman–Crippen MR) is 104 cm³/mol. The van der Waals surface area contributed by atoms with Gasteiger partial charge in [-0.25, -0.2) is 5.43 Å². The van der Waals surface area contributed by atoms with Gasteiger partial charge in [-0.15, -0.1) is 0 Å². The summed E-state index contributed by atoms with van der Waals surface area (Å²) in [5, 5.41) is 14.6. The van der Waals surface area contributed by atoms with Crippen LogP contribution in [0.4, 0.5) is 5.69 Å². The van der Waals surface area contributed by atoms with E-state index in [1.165, 1.54) is 18.3 Å². The van der Waals surface area contributed by atoms with Gasteiger partial charge < -0.3 is 4.74 Å². The maximum absolute atomic E-state index is 12.2. The maximum atomic E-state index is 12.2. The van der Waals surface area contributed by atoms with Gasteiger partial charge in [-0.1, -0.05) is 38.1 Å². The topological polar surface area (TPSA) is 93.8 Å². The molecular weight excluding hydrogens is 346 g/mol. The van der Waals surface area contributed by atoms with E-state index in [1.54, 1.807) is 19.1 Å². The number of benzene rings is 2. The minimum Gasteiger partial charge on any atom is -0.481 e. The lowest BCUT2D eigenvalue weighted by Crippen LogP contribution is -2.33. The third-order valence-electron chi connectivity index (χ3n) is 4.02. The summed E-state index contributed by atoms with van der Waals surface area (Å²) in [7, 11) is 0. The molecule has 0 aliphatic carbocycles. The van der Waals surface area contributed by atoms with Crippen molar-refractivity contribution < 1.29 is 14.5 Å². The Hall–Kier alpha value is -3.22. The second-order valence-corrected chi connectivity index (χ2v) is 6.53. The Morgan fingerprint density at radius 3 is 2.63 bits per heavy atom. The molecule has 0 heterocycles. The average Bonchev–Trinajstić information content (AvgIpc) is 2.63. The molecule has 0 spiro atoms. The Morgan fingerprint density at radius 2 is 1.96 bits per heavy atom. The molecule has 2 aromatic carbocycles.